The lowest BCUT2D eigenvalue weighted by molar-refractivity contribution is 0.271. The van der Waals surface area contributed by atoms with Gasteiger partial charge in [-0.15, -0.1) is 0 Å². The summed E-state index contributed by atoms with van der Waals surface area (Å²) in [6.07, 6.45) is 4.41. The number of rotatable bonds is 9. The summed E-state index contributed by atoms with van der Waals surface area (Å²) >= 11 is 0. The summed E-state index contributed by atoms with van der Waals surface area (Å²) in [5.41, 5.74) is 1.17. The lowest BCUT2D eigenvalue weighted by Gasteiger charge is -2.20. The van der Waals surface area contributed by atoms with E-state index in [9.17, 15) is 0 Å². The van der Waals surface area contributed by atoms with E-state index in [0.29, 0.717) is 12.0 Å². The third-order valence-electron chi connectivity index (χ3n) is 3.59. The van der Waals surface area contributed by atoms with Gasteiger partial charge in [-0.05, 0) is 45.5 Å². The average Bonchev–Trinajstić information content (AvgIpc) is 2.79. The SMILES string of the molecule is CCC(CC)n1ccc(CN(C)CC(C)CNC)n1. The first-order valence-electron chi connectivity index (χ1n) is 7.47. The fourth-order valence-electron chi connectivity index (χ4n) is 2.61. The van der Waals surface area contributed by atoms with Gasteiger partial charge < -0.3 is 10.2 Å². The second-order valence-corrected chi connectivity index (χ2v) is 5.62. The molecule has 4 heteroatoms. The average molecular weight is 266 g/mol. The zero-order chi connectivity index (χ0) is 14.3. The largest absolute Gasteiger partial charge is 0.319 e. The van der Waals surface area contributed by atoms with E-state index in [1.807, 2.05) is 7.05 Å². The summed E-state index contributed by atoms with van der Waals surface area (Å²) in [4.78, 5) is 2.35. The summed E-state index contributed by atoms with van der Waals surface area (Å²) < 4.78 is 2.13. The molecule has 4 nitrogen and oxygen atoms in total. The van der Waals surface area contributed by atoms with Crippen molar-refractivity contribution in [2.24, 2.45) is 5.92 Å². The van der Waals surface area contributed by atoms with E-state index in [4.69, 9.17) is 5.10 Å². The van der Waals surface area contributed by atoms with Crippen molar-refractivity contribution in [3.63, 3.8) is 0 Å². The van der Waals surface area contributed by atoms with Crippen LogP contribution in [0.1, 0.15) is 45.3 Å². The van der Waals surface area contributed by atoms with Crippen LogP contribution in [0.2, 0.25) is 0 Å². The molecule has 0 bridgehead atoms. The minimum atomic E-state index is 0.544. The molecule has 1 rings (SSSR count). The lowest BCUT2D eigenvalue weighted by atomic mass is 10.1. The van der Waals surface area contributed by atoms with Crippen molar-refractivity contribution >= 4 is 0 Å². The predicted molar refractivity (Wildman–Crippen MR) is 81.3 cm³/mol. The molecule has 1 N–H and O–H groups in total. The minimum Gasteiger partial charge on any atom is -0.319 e. The van der Waals surface area contributed by atoms with Gasteiger partial charge in [0.15, 0.2) is 0 Å². The normalized spacial score (nSPS) is 13.4. The molecule has 0 aliphatic carbocycles. The van der Waals surface area contributed by atoms with Gasteiger partial charge in [-0.2, -0.15) is 5.10 Å². The van der Waals surface area contributed by atoms with Crippen LogP contribution in [0.4, 0.5) is 0 Å². The van der Waals surface area contributed by atoms with E-state index in [0.717, 1.165) is 32.5 Å². The fraction of sp³-hybridized carbons (Fsp3) is 0.800. The standard InChI is InChI=1S/C15H30N4/c1-6-15(7-2)19-9-8-14(17-19)12-18(5)11-13(3)10-16-4/h8-9,13,15-16H,6-7,10-12H2,1-5H3. The molecule has 1 unspecified atom stereocenters. The molecule has 0 aliphatic heterocycles. The summed E-state index contributed by atoms with van der Waals surface area (Å²) in [6.45, 7) is 9.81. The van der Waals surface area contributed by atoms with Crippen LogP contribution in [-0.2, 0) is 6.54 Å². The zero-order valence-electron chi connectivity index (χ0n) is 13.2. The van der Waals surface area contributed by atoms with Gasteiger partial charge in [-0.1, -0.05) is 20.8 Å². The van der Waals surface area contributed by atoms with E-state index < -0.39 is 0 Å². The summed E-state index contributed by atoms with van der Waals surface area (Å²) in [5.74, 6) is 0.663. The Bertz CT molecular complexity index is 344. The molecule has 0 saturated heterocycles. The lowest BCUT2D eigenvalue weighted by Crippen LogP contribution is -2.29. The zero-order valence-corrected chi connectivity index (χ0v) is 13.2. The second-order valence-electron chi connectivity index (χ2n) is 5.62. The molecule has 0 radical (unpaired) electrons. The van der Waals surface area contributed by atoms with Crippen LogP contribution in [0.25, 0.3) is 0 Å². The quantitative estimate of drug-likeness (QED) is 0.745. The minimum absolute atomic E-state index is 0.544. The molecule has 0 fully saturated rings. The first-order valence-corrected chi connectivity index (χ1v) is 7.47. The highest BCUT2D eigenvalue weighted by molar-refractivity contribution is 4.99. The molecule has 1 aromatic heterocycles. The van der Waals surface area contributed by atoms with Crippen molar-refractivity contribution in [3.05, 3.63) is 18.0 Å². The van der Waals surface area contributed by atoms with Gasteiger partial charge in [0.05, 0.1) is 11.7 Å². The maximum atomic E-state index is 4.70. The maximum Gasteiger partial charge on any atom is 0.0764 e. The van der Waals surface area contributed by atoms with Gasteiger partial charge >= 0.3 is 0 Å². The van der Waals surface area contributed by atoms with E-state index in [-0.39, 0.29) is 0 Å². The Labute approximate surface area is 118 Å². The first kappa shape index (κ1) is 16.2. The van der Waals surface area contributed by atoms with Gasteiger partial charge in [0, 0.05) is 19.3 Å². The van der Waals surface area contributed by atoms with Crippen molar-refractivity contribution in [3.8, 4) is 0 Å². The number of hydrogen-bond acceptors (Lipinski definition) is 3. The Morgan fingerprint density at radius 1 is 1.37 bits per heavy atom. The van der Waals surface area contributed by atoms with Gasteiger partial charge in [0.1, 0.15) is 0 Å². The highest BCUT2D eigenvalue weighted by Crippen LogP contribution is 2.15. The molecule has 19 heavy (non-hydrogen) atoms. The Morgan fingerprint density at radius 2 is 2.05 bits per heavy atom. The van der Waals surface area contributed by atoms with Crippen LogP contribution < -0.4 is 5.32 Å². The van der Waals surface area contributed by atoms with Crippen LogP contribution in [0.3, 0.4) is 0 Å². The molecular weight excluding hydrogens is 236 g/mol. The molecule has 0 aliphatic rings. The van der Waals surface area contributed by atoms with Crippen LogP contribution in [0.15, 0.2) is 12.3 Å². The van der Waals surface area contributed by atoms with Crippen LogP contribution >= 0.6 is 0 Å². The van der Waals surface area contributed by atoms with Gasteiger partial charge in [0.2, 0.25) is 0 Å². The molecule has 1 heterocycles. The first-order chi connectivity index (χ1) is 9.10. The maximum absolute atomic E-state index is 4.70. The highest BCUT2D eigenvalue weighted by Gasteiger charge is 2.10. The number of aromatic nitrogens is 2. The summed E-state index contributed by atoms with van der Waals surface area (Å²) in [7, 11) is 4.18. The molecule has 0 amide bonds. The predicted octanol–water partition coefficient (Wildman–Crippen LogP) is 2.53. The molecule has 110 valence electrons. The molecular formula is C15H30N4. The summed E-state index contributed by atoms with van der Waals surface area (Å²) in [5, 5.41) is 7.93. The fourth-order valence-corrected chi connectivity index (χ4v) is 2.61. The van der Waals surface area contributed by atoms with Crippen LogP contribution in [-0.4, -0.2) is 41.9 Å². The van der Waals surface area contributed by atoms with Crippen molar-refractivity contribution in [1.29, 1.82) is 0 Å². The number of nitrogens with one attached hydrogen (secondary N) is 1. The number of nitrogens with zero attached hydrogens (tertiary/aromatic N) is 3. The Hall–Kier alpha value is -0.870. The molecule has 0 saturated carbocycles. The third-order valence-corrected chi connectivity index (χ3v) is 3.59. The Morgan fingerprint density at radius 3 is 2.63 bits per heavy atom. The molecule has 0 aromatic carbocycles. The molecule has 0 spiro atoms. The van der Waals surface area contributed by atoms with Gasteiger partial charge in [-0.3, -0.25) is 4.68 Å². The molecule has 1 aromatic rings. The monoisotopic (exact) mass is 266 g/mol. The topological polar surface area (TPSA) is 33.1 Å². The van der Waals surface area contributed by atoms with Crippen LogP contribution in [0, 0.1) is 5.92 Å². The van der Waals surface area contributed by atoms with Crippen LogP contribution in [0.5, 0.6) is 0 Å². The van der Waals surface area contributed by atoms with Crippen molar-refractivity contribution in [2.45, 2.75) is 46.2 Å². The molecule has 1 atom stereocenters. The second kappa shape index (κ2) is 8.33. The van der Waals surface area contributed by atoms with E-state index in [2.05, 4.69) is 55.0 Å². The van der Waals surface area contributed by atoms with Crippen molar-refractivity contribution < 1.29 is 0 Å². The van der Waals surface area contributed by atoms with E-state index in [1.165, 1.54) is 5.69 Å². The van der Waals surface area contributed by atoms with Gasteiger partial charge in [-0.25, -0.2) is 0 Å². The Balaban J connectivity index is 2.48. The van der Waals surface area contributed by atoms with E-state index in [1.54, 1.807) is 0 Å². The highest BCUT2D eigenvalue weighted by atomic mass is 15.3. The van der Waals surface area contributed by atoms with Gasteiger partial charge in [0.25, 0.3) is 0 Å². The third kappa shape index (κ3) is 5.33. The van der Waals surface area contributed by atoms with Crippen molar-refractivity contribution in [2.75, 3.05) is 27.2 Å². The Kier molecular flexibility index (Phi) is 7.10. The number of hydrogen-bond donors (Lipinski definition) is 1. The summed E-state index contributed by atoms with van der Waals surface area (Å²) in [6, 6.07) is 2.69. The van der Waals surface area contributed by atoms with Crippen molar-refractivity contribution in [1.82, 2.24) is 20.0 Å². The van der Waals surface area contributed by atoms with E-state index >= 15 is 0 Å². The smallest absolute Gasteiger partial charge is 0.0764 e.